The largest absolute Gasteiger partial charge is 0.376 e. The van der Waals surface area contributed by atoms with Gasteiger partial charge in [0, 0.05) is 35.9 Å². The van der Waals surface area contributed by atoms with Gasteiger partial charge in [0.15, 0.2) is 5.17 Å². The van der Waals surface area contributed by atoms with Gasteiger partial charge in [-0.3, -0.25) is 5.43 Å². The Hall–Kier alpha value is -2.05. The van der Waals surface area contributed by atoms with Gasteiger partial charge in [-0.25, -0.2) is 4.99 Å². The topological polar surface area (TPSA) is 50.9 Å². The van der Waals surface area contributed by atoms with E-state index in [1.54, 1.807) is 11.8 Å². The molecule has 0 amide bonds. The minimum absolute atomic E-state index is 0.344. The number of nitrogens with one attached hydrogen (secondary N) is 1. The van der Waals surface area contributed by atoms with Crippen LogP contribution in [0.5, 0.6) is 0 Å². The lowest BCUT2D eigenvalue weighted by atomic mass is 10.1. The molecule has 142 valence electrons. The number of aryl methyl sites for hydroxylation is 2. The fraction of sp³-hybridized carbons (Fsp3) is 0.429. The van der Waals surface area contributed by atoms with Crippen molar-refractivity contribution in [3.63, 3.8) is 0 Å². The van der Waals surface area contributed by atoms with Crippen LogP contribution in [0, 0.1) is 20.8 Å². The number of ether oxygens (including phenoxy) is 1. The average Bonchev–Trinajstić information content (AvgIpc) is 3.28. The van der Waals surface area contributed by atoms with E-state index in [1.165, 1.54) is 28.9 Å². The molecule has 0 spiro atoms. The summed E-state index contributed by atoms with van der Waals surface area (Å²) >= 11 is 1.70. The first-order chi connectivity index (χ1) is 13.1. The van der Waals surface area contributed by atoms with E-state index in [2.05, 4.69) is 59.1 Å². The van der Waals surface area contributed by atoms with Crippen molar-refractivity contribution in [1.82, 2.24) is 9.99 Å². The summed E-state index contributed by atoms with van der Waals surface area (Å²) < 4.78 is 8.19. The molecule has 6 heteroatoms. The number of hydrogen-bond donors (Lipinski definition) is 1. The number of thioether (sulfide) groups is 1. The zero-order valence-corrected chi connectivity index (χ0v) is 17.0. The summed E-state index contributed by atoms with van der Waals surface area (Å²) in [5, 5.41) is 5.46. The fourth-order valence-electron chi connectivity index (χ4n) is 3.61. The van der Waals surface area contributed by atoms with Gasteiger partial charge in [-0.2, -0.15) is 5.10 Å². The Balaban J connectivity index is 1.49. The molecule has 3 heterocycles. The third-order valence-electron chi connectivity index (χ3n) is 5.19. The predicted octanol–water partition coefficient (Wildman–Crippen LogP) is 4.32. The van der Waals surface area contributed by atoms with Crippen LogP contribution in [0.15, 0.2) is 40.4 Å². The molecule has 0 aliphatic carbocycles. The number of nitrogens with zero attached hydrogens (tertiary/aromatic N) is 3. The van der Waals surface area contributed by atoms with Crippen molar-refractivity contribution in [3.8, 4) is 0 Å². The second-order valence-corrected chi connectivity index (χ2v) is 8.21. The van der Waals surface area contributed by atoms with Gasteiger partial charge < -0.3 is 9.30 Å². The zero-order chi connectivity index (χ0) is 18.8. The fourth-order valence-corrected chi connectivity index (χ4v) is 4.39. The smallest absolute Gasteiger partial charge is 0.182 e. The lowest BCUT2D eigenvalue weighted by Crippen LogP contribution is -2.25. The van der Waals surface area contributed by atoms with Crippen LogP contribution >= 0.6 is 11.8 Å². The summed E-state index contributed by atoms with van der Waals surface area (Å²) in [5.74, 6) is 0.821. The Labute approximate surface area is 164 Å². The van der Waals surface area contributed by atoms with Gasteiger partial charge in [0.05, 0.1) is 17.5 Å². The molecule has 2 aliphatic heterocycles. The molecule has 4 rings (SSSR count). The highest BCUT2D eigenvalue weighted by atomic mass is 32.2. The first-order valence-electron chi connectivity index (χ1n) is 9.49. The van der Waals surface area contributed by atoms with Crippen molar-refractivity contribution in [1.29, 1.82) is 0 Å². The minimum atomic E-state index is 0.344. The van der Waals surface area contributed by atoms with E-state index < -0.39 is 0 Å². The maximum Gasteiger partial charge on any atom is 0.182 e. The molecule has 27 heavy (non-hydrogen) atoms. The molecular weight excluding hydrogens is 356 g/mol. The minimum Gasteiger partial charge on any atom is -0.376 e. The Morgan fingerprint density at radius 1 is 1.26 bits per heavy atom. The van der Waals surface area contributed by atoms with Crippen molar-refractivity contribution < 1.29 is 4.74 Å². The molecule has 1 fully saturated rings. The van der Waals surface area contributed by atoms with Crippen LogP contribution in [0.4, 0.5) is 5.69 Å². The van der Waals surface area contributed by atoms with Crippen molar-refractivity contribution in [3.05, 3.63) is 52.8 Å². The number of benzene rings is 1. The van der Waals surface area contributed by atoms with Crippen LogP contribution in [0.1, 0.15) is 35.4 Å². The first kappa shape index (κ1) is 18.3. The van der Waals surface area contributed by atoms with Gasteiger partial charge >= 0.3 is 0 Å². The normalized spacial score (nSPS) is 21.4. The lowest BCUT2D eigenvalue weighted by molar-refractivity contribution is 0.0962. The Morgan fingerprint density at radius 3 is 2.74 bits per heavy atom. The third-order valence-corrected chi connectivity index (χ3v) is 6.07. The van der Waals surface area contributed by atoms with E-state index in [0.717, 1.165) is 41.9 Å². The molecule has 1 unspecified atom stereocenters. The van der Waals surface area contributed by atoms with Crippen LogP contribution < -0.4 is 5.43 Å². The summed E-state index contributed by atoms with van der Waals surface area (Å²) in [6, 6.07) is 10.5. The van der Waals surface area contributed by atoms with Crippen molar-refractivity contribution >= 4 is 28.3 Å². The highest BCUT2D eigenvalue weighted by Gasteiger charge is 2.22. The molecule has 5 nitrogen and oxygen atoms in total. The van der Waals surface area contributed by atoms with Crippen LogP contribution in [0.2, 0.25) is 0 Å². The van der Waals surface area contributed by atoms with Gasteiger partial charge in [-0.1, -0.05) is 29.5 Å². The van der Waals surface area contributed by atoms with Crippen LogP contribution in [0.3, 0.4) is 0 Å². The van der Waals surface area contributed by atoms with Gasteiger partial charge in [-0.05, 0) is 51.8 Å². The van der Waals surface area contributed by atoms with Crippen LogP contribution in [-0.4, -0.2) is 33.9 Å². The molecule has 0 radical (unpaired) electrons. The maximum absolute atomic E-state index is 5.82. The Bertz CT molecular complexity index is 876. The average molecular weight is 383 g/mol. The number of amidine groups is 1. The third kappa shape index (κ3) is 4.12. The predicted molar refractivity (Wildman–Crippen MR) is 113 cm³/mol. The Kier molecular flexibility index (Phi) is 5.36. The monoisotopic (exact) mass is 382 g/mol. The van der Waals surface area contributed by atoms with Crippen molar-refractivity contribution in [2.24, 2.45) is 10.1 Å². The van der Waals surface area contributed by atoms with E-state index in [4.69, 9.17) is 4.74 Å². The number of hydrogen-bond acceptors (Lipinski definition) is 4. The molecule has 1 atom stereocenters. The summed E-state index contributed by atoms with van der Waals surface area (Å²) in [6.45, 7) is 8.26. The number of rotatable bonds is 4. The van der Waals surface area contributed by atoms with E-state index in [9.17, 15) is 0 Å². The first-order valence-corrected chi connectivity index (χ1v) is 10.5. The van der Waals surface area contributed by atoms with Gasteiger partial charge in [0.2, 0.25) is 0 Å². The van der Waals surface area contributed by atoms with E-state index in [0.29, 0.717) is 6.10 Å². The Morgan fingerprint density at radius 2 is 2.07 bits per heavy atom. The lowest BCUT2D eigenvalue weighted by Gasteiger charge is -2.17. The molecule has 2 aliphatic rings. The van der Waals surface area contributed by atoms with Crippen LogP contribution in [-0.2, 0) is 11.3 Å². The van der Waals surface area contributed by atoms with Crippen LogP contribution in [0.25, 0.3) is 0 Å². The number of hydrazone groups is 1. The summed E-state index contributed by atoms with van der Waals surface area (Å²) in [5.41, 5.74) is 10.1. The molecule has 1 aromatic carbocycles. The standard InChI is InChI=1S/C21H26N4OS/c1-14-6-8-17(9-7-14)22-21-24-23-20(13-27-21)19-11-15(2)25(16(19)3)12-18-5-4-10-26-18/h6-9,11,18H,4-5,10,12-13H2,1-3H3,(H,22,24). The number of aromatic nitrogens is 1. The maximum atomic E-state index is 5.82. The van der Waals surface area contributed by atoms with E-state index >= 15 is 0 Å². The van der Waals surface area contributed by atoms with Crippen molar-refractivity contribution in [2.75, 3.05) is 12.4 Å². The summed E-state index contributed by atoms with van der Waals surface area (Å²) in [4.78, 5) is 4.64. The highest BCUT2D eigenvalue weighted by Crippen LogP contribution is 2.24. The van der Waals surface area contributed by atoms with E-state index in [-0.39, 0.29) is 0 Å². The summed E-state index contributed by atoms with van der Waals surface area (Å²) in [7, 11) is 0. The molecule has 2 aromatic rings. The molecule has 0 saturated carbocycles. The van der Waals surface area contributed by atoms with Gasteiger partial charge in [-0.15, -0.1) is 0 Å². The molecule has 1 saturated heterocycles. The quantitative estimate of drug-likeness (QED) is 0.857. The second kappa shape index (κ2) is 7.90. The molecular formula is C21H26N4OS. The zero-order valence-electron chi connectivity index (χ0n) is 16.2. The van der Waals surface area contributed by atoms with Gasteiger partial charge in [0.25, 0.3) is 0 Å². The summed E-state index contributed by atoms with van der Waals surface area (Å²) in [6.07, 6.45) is 2.67. The van der Waals surface area contributed by atoms with E-state index in [1.807, 2.05) is 12.1 Å². The molecule has 0 bridgehead atoms. The highest BCUT2D eigenvalue weighted by molar-refractivity contribution is 8.14. The van der Waals surface area contributed by atoms with Gasteiger partial charge in [0.1, 0.15) is 0 Å². The number of aliphatic imine (C=N–C) groups is 1. The molecule has 1 N–H and O–H groups in total. The second-order valence-electron chi connectivity index (χ2n) is 7.24. The SMILES string of the molecule is Cc1ccc(N=C2NN=C(c3cc(C)n(CC4CCCO4)c3C)CS2)cc1. The molecule has 1 aromatic heterocycles. The van der Waals surface area contributed by atoms with Crippen molar-refractivity contribution in [2.45, 2.75) is 46.3 Å².